The number of nitrogens with zero attached hydrogens (tertiary/aromatic N) is 1. The van der Waals surface area contributed by atoms with Crippen LogP contribution in [0.4, 0.5) is 0 Å². The van der Waals surface area contributed by atoms with E-state index in [4.69, 9.17) is 21.1 Å². The maximum atomic E-state index is 11.9. The molecule has 1 saturated carbocycles. The minimum Gasteiger partial charge on any atom is -0.459 e. The summed E-state index contributed by atoms with van der Waals surface area (Å²) in [7, 11) is 1.69. The fourth-order valence-corrected chi connectivity index (χ4v) is 2.35. The van der Waals surface area contributed by atoms with Crippen LogP contribution in [0.1, 0.15) is 36.0 Å². The van der Waals surface area contributed by atoms with Gasteiger partial charge in [0.15, 0.2) is 0 Å². The molecule has 1 heterocycles. The molecule has 0 aliphatic heterocycles. The summed E-state index contributed by atoms with van der Waals surface area (Å²) in [5.74, 6) is -0.408. The lowest BCUT2D eigenvalue weighted by molar-refractivity contribution is -0.0149. The summed E-state index contributed by atoms with van der Waals surface area (Å²) in [4.78, 5) is 15.8. The molecule has 0 spiro atoms. The van der Waals surface area contributed by atoms with Crippen LogP contribution in [0.5, 0.6) is 0 Å². The molecule has 1 aliphatic rings. The third-order valence-corrected chi connectivity index (χ3v) is 3.50. The smallest absolute Gasteiger partial charge is 0.341 e. The topological polar surface area (TPSA) is 48.4 Å². The number of ether oxygens (including phenoxy) is 2. The Morgan fingerprint density at radius 1 is 1.44 bits per heavy atom. The van der Waals surface area contributed by atoms with E-state index in [1.807, 2.05) is 0 Å². The first-order chi connectivity index (χ1) is 8.70. The molecule has 18 heavy (non-hydrogen) atoms. The van der Waals surface area contributed by atoms with Gasteiger partial charge in [-0.05, 0) is 25.3 Å². The number of methoxy groups -OCH3 is 1. The van der Waals surface area contributed by atoms with Crippen LogP contribution in [0.3, 0.4) is 0 Å². The average molecular weight is 270 g/mol. The maximum Gasteiger partial charge on any atom is 0.341 e. The lowest BCUT2D eigenvalue weighted by Crippen LogP contribution is -2.29. The Labute approximate surface area is 111 Å². The van der Waals surface area contributed by atoms with Gasteiger partial charge in [-0.3, -0.25) is 4.98 Å². The average Bonchev–Trinajstić information content (AvgIpc) is 2.39. The summed E-state index contributed by atoms with van der Waals surface area (Å²) < 4.78 is 10.7. The third kappa shape index (κ3) is 3.21. The summed E-state index contributed by atoms with van der Waals surface area (Å²) >= 11 is 5.93. The van der Waals surface area contributed by atoms with Crippen LogP contribution in [-0.2, 0) is 9.47 Å². The highest BCUT2D eigenvalue weighted by Gasteiger charge is 2.25. The highest BCUT2D eigenvalue weighted by Crippen LogP contribution is 2.25. The zero-order chi connectivity index (χ0) is 13.0. The Kier molecular flexibility index (Phi) is 4.55. The van der Waals surface area contributed by atoms with Gasteiger partial charge in [-0.15, -0.1) is 0 Å². The van der Waals surface area contributed by atoms with Crippen LogP contribution < -0.4 is 0 Å². The van der Waals surface area contributed by atoms with Crippen molar-refractivity contribution in [2.24, 2.45) is 0 Å². The molecule has 5 heteroatoms. The predicted octanol–water partition coefficient (Wildman–Crippen LogP) is 2.85. The van der Waals surface area contributed by atoms with E-state index >= 15 is 0 Å². The number of hydrogen-bond donors (Lipinski definition) is 0. The number of carbonyl (C=O) groups excluding carboxylic acids is 1. The number of pyridine rings is 1. The van der Waals surface area contributed by atoms with E-state index < -0.39 is 5.97 Å². The molecule has 2 atom stereocenters. The van der Waals surface area contributed by atoms with Gasteiger partial charge in [-0.1, -0.05) is 11.6 Å². The van der Waals surface area contributed by atoms with Gasteiger partial charge in [-0.25, -0.2) is 4.79 Å². The van der Waals surface area contributed by atoms with E-state index in [-0.39, 0.29) is 12.2 Å². The normalized spacial score (nSPS) is 23.7. The molecule has 0 amide bonds. The molecule has 0 radical (unpaired) electrons. The lowest BCUT2D eigenvalue weighted by Gasteiger charge is -2.27. The van der Waals surface area contributed by atoms with Gasteiger partial charge in [-0.2, -0.15) is 0 Å². The Morgan fingerprint density at radius 2 is 2.22 bits per heavy atom. The van der Waals surface area contributed by atoms with E-state index in [0.717, 1.165) is 25.7 Å². The molecule has 0 saturated heterocycles. The lowest BCUT2D eigenvalue weighted by atomic mass is 9.95. The molecule has 1 aromatic heterocycles. The van der Waals surface area contributed by atoms with Crippen molar-refractivity contribution in [3.05, 3.63) is 29.0 Å². The van der Waals surface area contributed by atoms with E-state index in [1.54, 1.807) is 19.4 Å². The van der Waals surface area contributed by atoms with Crippen LogP contribution in [0, 0.1) is 0 Å². The molecular weight excluding hydrogens is 254 g/mol. The van der Waals surface area contributed by atoms with Crippen molar-refractivity contribution in [2.75, 3.05) is 7.11 Å². The summed E-state index contributed by atoms with van der Waals surface area (Å²) in [6.45, 7) is 0. The Morgan fingerprint density at radius 3 is 2.94 bits per heavy atom. The number of carbonyl (C=O) groups is 1. The molecule has 0 bridgehead atoms. The van der Waals surface area contributed by atoms with Gasteiger partial charge < -0.3 is 9.47 Å². The van der Waals surface area contributed by atoms with Gasteiger partial charge >= 0.3 is 5.97 Å². The van der Waals surface area contributed by atoms with Crippen molar-refractivity contribution in [3.8, 4) is 0 Å². The molecular formula is C13H16ClNO3. The van der Waals surface area contributed by atoms with Crippen LogP contribution in [-0.4, -0.2) is 30.3 Å². The zero-order valence-electron chi connectivity index (χ0n) is 10.3. The number of esters is 1. The Balaban J connectivity index is 1.97. The van der Waals surface area contributed by atoms with Gasteiger partial charge in [0.2, 0.25) is 0 Å². The molecule has 2 rings (SSSR count). The predicted molar refractivity (Wildman–Crippen MR) is 67.7 cm³/mol. The van der Waals surface area contributed by atoms with Gasteiger partial charge in [0.05, 0.1) is 16.7 Å². The van der Waals surface area contributed by atoms with E-state index in [1.165, 1.54) is 6.20 Å². The van der Waals surface area contributed by atoms with Crippen molar-refractivity contribution in [1.82, 2.24) is 4.98 Å². The van der Waals surface area contributed by atoms with Crippen LogP contribution in [0.15, 0.2) is 18.5 Å². The van der Waals surface area contributed by atoms with Crippen molar-refractivity contribution >= 4 is 17.6 Å². The Bertz CT molecular complexity index is 424. The molecule has 2 unspecified atom stereocenters. The number of halogens is 1. The summed E-state index contributed by atoms with van der Waals surface area (Å²) in [6, 6.07) is 1.58. The highest BCUT2D eigenvalue weighted by atomic mass is 35.5. The first kappa shape index (κ1) is 13.3. The maximum absolute atomic E-state index is 11.9. The number of rotatable bonds is 3. The van der Waals surface area contributed by atoms with Crippen LogP contribution in [0.25, 0.3) is 0 Å². The van der Waals surface area contributed by atoms with Gasteiger partial charge in [0, 0.05) is 25.9 Å². The standard InChI is InChI=1S/C13H16ClNO3/c1-17-9-3-2-4-10(7-9)18-13(16)11-8-15-6-5-12(11)14/h5-6,8-10H,2-4,7H2,1H3. The monoisotopic (exact) mass is 269 g/mol. The number of aromatic nitrogens is 1. The minimum absolute atomic E-state index is 0.0903. The minimum atomic E-state index is -0.408. The fraction of sp³-hybridized carbons (Fsp3) is 0.538. The van der Waals surface area contributed by atoms with Crippen LogP contribution >= 0.6 is 11.6 Å². The third-order valence-electron chi connectivity index (χ3n) is 3.17. The molecule has 0 aromatic carbocycles. The summed E-state index contributed by atoms with van der Waals surface area (Å²) in [6.07, 6.45) is 6.73. The summed E-state index contributed by atoms with van der Waals surface area (Å²) in [5.41, 5.74) is 0.318. The molecule has 1 aromatic rings. The summed E-state index contributed by atoms with van der Waals surface area (Å²) in [5, 5.41) is 0.370. The first-order valence-electron chi connectivity index (χ1n) is 6.04. The first-order valence-corrected chi connectivity index (χ1v) is 6.41. The number of hydrogen-bond acceptors (Lipinski definition) is 4. The van der Waals surface area contributed by atoms with Crippen molar-refractivity contribution in [3.63, 3.8) is 0 Å². The Hall–Kier alpha value is -1.13. The molecule has 1 fully saturated rings. The molecule has 1 aliphatic carbocycles. The van der Waals surface area contributed by atoms with Crippen molar-refractivity contribution in [2.45, 2.75) is 37.9 Å². The highest BCUT2D eigenvalue weighted by molar-refractivity contribution is 6.33. The fourth-order valence-electron chi connectivity index (χ4n) is 2.17. The molecule has 4 nitrogen and oxygen atoms in total. The molecule has 0 N–H and O–H groups in total. The van der Waals surface area contributed by atoms with Crippen LogP contribution in [0.2, 0.25) is 5.02 Å². The molecule has 98 valence electrons. The van der Waals surface area contributed by atoms with Gasteiger partial charge in [0.1, 0.15) is 6.10 Å². The zero-order valence-corrected chi connectivity index (χ0v) is 11.0. The second-order valence-electron chi connectivity index (χ2n) is 4.41. The van der Waals surface area contributed by atoms with Gasteiger partial charge in [0.25, 0.3) is 0 Å². The van der Waals surface area contributed by atoms with E-state index in [2.05, 4.69) is 4.98 Å². The second kappa shape index (κ2) is 6.16. The quantitative estimate of drug-likeness (QED) is 0.792. The van der Waals surface area contributed by atoms with Crippen molar-refractivity contribution in [1.29, 1.82) is 0 Å². The van der Waals surface area contributed by atoms with E-state index in [0.29, 0.717) is 10.6 Å². The largest absolute Gasteiger partial charge is 0.459 e. The van der Waals surface area contributed by atoms with E-state index in [9.17, 15) is 4.79 Å². The second-order valence-corrected chi connectivity index (χ2v) is 4.81. The SMILES string of the molecule is COC1CCCC(OC(=O)c2cnccc2Cl)C1. The van der Waals surface area contributed by atoms with Crippen molar-refractivity contribution < 1.29 is 14.3 Å².